The summed E-state index contributed by atoms with van der Waals surface area (Å²) < 4.78 is 0. The zero-order valence-electron chi connectivity index (χ0n) is 15.4. The van der Waals surface area contributed by atoms with Crippen molar-refractivity contribution in [3.8, 4) is 0 Å². The van der Waals surface area contributed by atoms with Crippen LogP contribution < -0.4 is 0 Å². The van der Waals surface area contributed by atoms with Crippen LogP contribution in [0.3, 0.4) is 0 Å². The largest absolute Gasteiger partial charge is 0.481 e. The quantitative estimate of drug-likeness (QED) is 0.909. The van der Waals surface area contributed by atoms with Gasteiger partial charge in [-0.25, -0.2) is 0 Å². The number of benzene rings is 1. The van der Waals surface area contributed by atoms with E-state index in [0.717, 1.165) is 0 Å². The van der Waals surface area contributed by atoms with Gasteiger partial charge in [-0.15, -0.1) is 0 Å². The van der Waals surface area contributed by atoms with Gasteiger partial charge in [-0.1, -0.05) is 39.0 Å². The van der Waals surface area contributed by atoms with E-state index in [1.54, 1.807) is 48.0 Å². The molecule has 1 aliphatic rings. The summed E-state index contributed by atoms with van der Waals surface area (Å²) in [6.07, 6.45) is -0.547. The lowest BCUT2D eigenvalue weighted by atomic mass is 9.88. The molecule has 0 saturated carbocycles. The highest BCUT2D eigenvalue weighted by Crippen LogP contribution is 2.42. The molecule has 1 aromatic carbocycles. The lowest BCUT2D eigenvalue weighted by molar-refractivity contribution is -0.138. The van der Waals surface area contributed by atoms with Gasteiger partial charge in [-0.3, -0.25) is 14.4 Å². The van der Waals surface area contributed by atoms with E-state index in [9.17, 15) is 14.4 Å². The van der Waals surface area contributed by atoms with Gasteiger partial charge < -0.3 is 14.9 Å². The highest BCUT2D eigenvalue weighted by atomic mass is 16.4. The molecule has 6 heteroatoms. The first-order chi connectivity index (χ1) is 11.5. The van der Waals surface area contributed by atoms with E-state index < -0.39 is 17.7 Å². The fourth-order valence-electron chi connectivity index (χ4n) is 3.64. The molecule has 0 spiro atoms. The Balaban J connectivity index is 2.54. The smallest absolute Gasteiger partial charge is 0.303 e. The van der Waals surface area contributed by atoms with Crippen molar-refractivity contribution in [2.45, 2.75) is 52.2 Å². The second-order valence-corrected chi connectivity index (χ2v) is 7.86. The number of carboxylic acids is 1. The summed E-state index contributed by atoms with van der Waals surface area (Å²) in [4.78, 5) is 40.5. The Bertz CT molecular complexity index is 680. The van der Waals surface area contributed by atoms with Crippen LogP contribution in [0.2, 0.25) is 0 Å². The molecule has 25 heavy (non-hydrogen) atoms. The molecule has 1 aliphatic heterocycles. The highest BCUT2D eigenvalue weighted by molar-refractivity contribution is 6.01. The van der Waals surface area contributed by atoms with Crippen LogP contribution in [0.4, 0.5) is 0 Å². The molecule has 2 rings (SSSR count). The Kier molecular flexibility index (Phi) is 4.93. The number of likely N-dealkylation sites (N-methyl/N-ethyl adjacent to an activating group) is 1. The minimum absolute atomic E-state index is 0.0800. The topological polar surface area (TPSA) is 77.9 Å². The normalized spacial score (nSPS) is 23.9. The number of hydrogen-bond donors (Lipinski definition) is 1. The Morgan fingerprint density at radius 3 is 2.24 bits per heavy atom. The van der Waals surface area contributed by atoms with Gasteiger partial charge in [0.25, 0.3) is 5.91 Å². The average Bonchev–Trinajstić information content (AvgIpc) is 2.74. The van der Waals surface area contributed by atoms with E-state index in [1.807, 2.05) is 26.8 Å². The molecule has 1 saturated heterocycles. The van der Waals surface area contributed by atoms with Gasteiger partial charge in [-0.05, 0) is 25.5 Å². The van der Waals surface area contributed by atoms with Crippen LogP contribution in [-0.4, -0.2) is 51.4 Å². The van der Waals surface area contributed by atoms with Crippen LogP contribution in [0.5, 0.6) is 0 Å². The van der Waals surface area contributed by atoms with Crippen molar-refractivity contribution in [1.82, 2.24) is 9.80 Å². The van der Waals surface area contributed by atoms with E-state index in [0.29, 0.717) is 5.56 Å². The van der Waals surface area contributed by atoms with Crippen LogP contribution in [0.15, 0.2) is 30.3 Å². The Labute approximate surface area is 148 Å². The first kappa shape index (κ1) is 19.0. The van der Waals surface area contributed by atoms with Crippen molar-refractivity contribution in [3.63, 3.8) is 0 Å². The number of rotatable bonds is 4. The van der Waals surface area contributed by atoms with Gasteiger partial charge in [0.1, 0.15) is 11.7 Å². The summed E-state index contributed by atoms with van der Waals surface area (Å²) in [7, 11) is 1.68. The maximum absolute atomic E-state index is 13.3. The van der Waals surface area contributed by atoms with Crippen molar-refractivity contribution in [3.05, 3.63) is 35.9 Å². The minimum Gasteiger partial charge on any atom is -0.481 e. The van der Waals surface area contributed by atoms with Gasteiger partial charge in [0.05, 0.1) is 0 Å². The van der Waals surface area contributed by atoms with Crippen LogP contribution in [0, 0.1) is 5.41 Å². The number of carboxylic acid groups (broad SMARTS) is 1. The molecule has 1 aromatic rings. The van der Waals surface area contributed by atoms with E-state index in [2.05, 4.69) is 0 Å². The van der Waals surface area contributed by atoms with Crippen molar-refractivity contribution >= 4 is 17.8 Å². The van der Waals surface area contributed by atoms with Gasteiger partial charge in [0.15, 0.2) is 0 Å². The first-order valence-electron chi connectivity index (χ1n) is 8.38. The van der Waals surface area contributed by atoms with E-state index in [-0.39, 0.29) is 30.1 Å². The number of carbonyl (C=O) groups is 3. The maximum atomic E-state index is 13.3. The van der Waals surface area contributed by atoms with Gasteiger partial charge >= 0.3 is 5.97 Å². The molecule has 2 amide bonds. The number of aliphatic carboxylic acids is 1. The van der Waals surface area contributed by atoms with Crippen molar-refractivity contribution in [2.75, 3.05) is 7.05 Å². The minimum atomic E-state index is -1.18. The van der Waals surface area contributed by atoms with Crippen LogP contribution in [0.25, 0.3) is 0 Å². The molecule has 0 aromatic heterocycles. The summed E-state index contributed by atoms with van der Waals surface area (Å²) in [5.74, 6) is -1.47. The van der Waals surface area contributed by atoms with Crippen LogP contribution in [-0.2, 0) is 9.59 Å². The number of hydrogen-bond acceptors (Lipinski definition) is 3. The summed E-state index contributed by atoms with van der Waals surface area (Å²) in [5.41, 5.74) is -1.07. The van der Waals surface area contributed by atoms with Crippen molar-refractivity contribution in [1.29, 1.82) is 0 Å². The van der Waals surface area contributed by atoms with Crippen molar-refractivity contribution < 1.29 is 19.5 Å². The SMILES string of the molecule is CN1C(=O)[C@@](C)(CCC(=O)O)N(C(=O)c2ccccc2)[C@H]1C(C)(C)C. The Hall–Kier alpha value is -2.37. The number of amides is 2. The molecule has 2 atom stereocenters. The van der Waals surface area contributed by atoms with Gasteiger partial charge in [0.2, 0.25) is 5.91 Å². The maximum Gasteiger partial charge on any atom is 0.303 e. The molecule has 136 valence electrons. The molecule has 0 aliphatic carbocycles. The van der Waals surface area contributed by atoms with Gasteiger partial charge in [0, 0.05) is 24.4 Å². The average molecular weight is 346 g/mol. The number of carbonyl (C=O) groups excluding carboxylic acids is 2. The summed E-state index contributed by atoms with van der Waals surface area (Å²) in [6.45, 7) is 7.57. The fourth-order valence-corrected chi connectivity index (χ4v) is 3.64. The molecule has 0 unspecified atom stereocenters. The highest BCUT2D eigenvalue weighted by Gasteiger charge is 2.58. The zero-order valence-corrected chi connectivity index (χ0v) is 15.4. The van der Waals surface area contributed by atoms with Crippen molar-refractivity contribution in [2.24, 2.45) is 5.41 Å². The molecule has 1 fully saturated rings. The molecular weight excluding hydrogens is 320 g/mol. The summed E-state index contributed by atoms with van der Waals surface area (Å²) >= 11 is 0. The third-order valence-electron chi connectivity index (χ3n) is 4.76. The standard InChI is InChI=1S/C19H26N2O4/c1-18(2,3)16-20(5)17(25)19(4,12-11-14(22)23)21(16)15(24)13-9-7-6-8-10-13/h6-10,16H,11-12H2,1-5H3,(H,22,23)/t16-,19+/m0/s1. The van der Waals surface area contributed by atoms with Crippen LogP contribution >= 0.6 is 0 Å². The molecule has 0 bridgehead atoms. The predicted molar refractivity (Wildman–Crippen MR) is 93.9 cm³/mol. The summed E-state index contributed by atoms with van der Waals surface area (Å²) in [5, 5.41) is 9.08. The second kappa shape index (κ2) is 6.50. The molecular formula is C19H26N2O4. The predicted octanol–water partition coefficient (Wildman–Crippen LogP) is 2.60. The van der Waals surface area contributed by atoms with Crippen LogP contribution in [0.1, 0.15) is 50.9 Å². The first-order valence-corrected chi connectivity index (χ1v) is 8.38. The van der Waals surface area contributed by atoms with E-state index in [4.69, 9.17) is 5.11 Å². The van der Waals surface area contributed by atoms with E-state index >= 15 is 0 Å². The Morgan fingerprint density at radius 2 is 1.76 bits per heavy atom. The van der Waals surface area contributed by atoms with E-state index in [1.165, 1.54) is 0 Å². The third kappa shape index (κ3) is 3.38. The third-order valence-corrected chi connectivity index (χ3v) is 4.76. The monoisotopic (exact) mass is 346 g/mol. The molecule has 1 N–H and O–H groups in total. The van der Waals surface area contributed by atoms with Gasteiger partial charge in [-0.2, -0.15) is 0 Å². The lowest BCUT2D eigenvalue weighted by Gasteiger charge is -2.41. The lowest BCUT2D eigenvalue weighted by Crippen LogP contribution is -2.55. The second-order valence-electron chi connectivity index (χ2n) is 7.86. The fraction of sp³-hybridized carbons (Fsp3) is 0.526. The Morgan fingerprint density at radius 1 is 1.20 bits per heavy atom. The zero-order chi connectivity index (χ0) is 19.0. The molecule has 6 nitrogen and oxygen atoms in total. The molecule has 0 radical (unpaired) electrons. The number of nitrogens with zero attached hydrogens (tertiary/aromatic N) is 2. The summed E-state index contributed by atoms with van der Waals surface area (Å²) in [6, 6.07) is 8.79. The molecule has 1 heterocycles.